The quantitative estimate of drug-likeness (QED) is 0.633. The van der Waals surface area contributed by atoms with Gasteiger partial charge in [-0.3, -0.25) is 19.7 Å². The van der Waals surface area contributed by atoms with Gasteiger partial charge in [-0.2, -0.15) is 0 Å². The van der Waals surface area contributed by atoms with Crippen LogP contribution in [0.25, 0.3) is 0 Å². The summed E-state index contributed by atoms with van der Waals surface area (Å²) in [7, 11) is 0. The molecule has 1 aromatic carbocycles. The van der Waals surface area contributed by atoms with Crippen molar-refractivity contribution in [1.29, 1.82) is 0 Å². The number of halogens is 1. The number of rotatable bonds is 2. The van der Waals surface area contributed by atoms with Crippen LogP contribution in [0, 0.1) is 11.2 Å². The summed E-state index contributed by atoms with van der Waals surface area (Å²) < 4.78 is 15.8. The second-order valence-corrected chi connectivity index (χ2v) is 9.13. The van der Waals surface area contributed by atoms with Crippen LogP contribution in [0.5, 0.6) is 0 Å². The summed E-state index contributed by atoms with van der Waals surface area (Å²) in [6.07, 6.45) is 4.52. The number of carbonyl (C=O) groups excluding carboxylic acids is 3. The number of nitrogens with one attached hydrogen (secondary N) is 2. The summed E-state index contributed by atoms with van der Waals surface area (Å²) in [4.78, 5) is 37.9. The Morgan fingerprint density at radius 2 is 1.90 bits per heavy atom. The van der Waals surface area contributed by atoms with Gasteiger partial charge in [0.05, 0.1) is 6.54 Å². The maximum Gasteiger partial charge on any atom is 0.255 e. The van der Waals surface area contributed by atoms with Crippen LogP contribution in [0.3, 0.4) is 0 Å². The highest BCUT2D eigenvalue weighted by atomic mass is 19.1. The number of amides is 3. The largest absolute Gasteiger partial charge is 0.384 e. The van der Waals surface area contributed by atoms with Crippen LogP contribution >= 0.6 is 0 Å². The van der Waals surface area contributed by atoms with E-state index in [2.05, 4.69) is 10.6 Å². The van der Waals surface area contributed by atoms with Gasteiger partial charge in [-0.15, -0.1) is 0 Å². The fourth-order valence-electron chi connectivity index (χ4n) is 5.99. The van der Waals surface area contributed by atoms with Crippen LogP contribution in [0.1, 0.15) is 66.4 Å². The molecule has 8 heteroatoms. The van der Waals surface area contributed by atoms with Gasteiger partial charge in [0.1, 0.15) is 17.5 Å². The van der Waals surface area contributed by atoms with Crippen LogP contribution in [-0.2, 0) is 21.7 Å². The molecular formula is C22H26FN3O4. The number of piperidine rings is 2. The molecule has 160 valence electrons. The van der Waals surface area contributed by atoms with E-state index in [0.717, 1.165) is 25.7 Å². The number of hydrogen-bond donors (Lipinski definition) is 3. The normalized spacial score (nSPS) is 30.7. The average molecular weight is 415 g/mol. The van der Waals surface area contributed by atoms with Crippen molar-refractivity contribution in [3.05, 3.63) is 34.6 Å². The van der Waals surface area contributed by atoms with Crippen LogP contribution in [0.2, 0.25) is 0 Å². The molecule has 5 rings (SSSR count). The Morgan fingerprint density at radius 1 is 1.13 bits per heavy atom. The van der Waals surface area contributed by atoms with Gasteiger partial charge >= 0.3 is 0 Å². The van der Waals surface area contributed by atoms with Crippen LogP contribution in [0.4, 0.5) is 4.39 Å². The monoisotopic (exact) mass is 415 g/mol. The molecule has 0 bridgehead atoms. The first kappa shape index (κ1) is 19.6. The fourth-order valence-corrected chi connectivity index (χ4v) is 5.99. The van der Waals surface area contributed by atoms with Gasteiger partial charge in [-0.25, -0.2) is 4.39 Å². The Hall–Kier alpha value is -2.32. The lowest BCUT2D eigenvalue weighted by Crippen LogP contribution is -2.56. The molecule has 3 heterocycles. The maximum absolute atomic E-state index is 15.8. The van der Waals surface area contributed by atoms with Gasteiger partial charge < -0.3 is 15.3 Å². The first-order chi connectivity index (χ1) is 14.4. The van der Waals surface area contributed by atoms with Crippen LogP contribution in [-0.4, -0.2) is 46.9 Å². The van der Waals surface area contributed by atoms with E-state index in [1.54, 1.807) is 12.1 Å². The third-order valence-corrected chi connectivity index (χ3v) is 7.66. The van der Waals surface area contributed by atoms with Crippen molar-refractivity contribution in [3.63, 3.8) is 0 Å². The fraction of sp³-hybridized carbons (Fsp3) is 0.591. The molecule has 3 N–H and O–H groups in total. The Labute approximate surface area is 174 Å². The van der Waals surface area contributed by atoms with Gasteiger partial charge in [0, 0.05) is 35.1 Å². The molecule has 4 aliphatic rings. The lowest BCUT2D eigenvalue weighted by molar-refractivity contribution is -0.136. The molecule has 0 aromatic heterocycles. The second-order valence-electron chi connectivity index (χ2n) is 9.13. The summed E-state index contributed by atoms with van der Waals surface area (Å²) in [5, 5.41) is 17.4. The summed E-state index contributed by atoms with van der Waals surface area (Å²) in [6, 6.07) is 2.37. The molecule has 3 aliphatic heterocycles. The van der Waals surface area contributed by atoms with Crippen molar-refractivity contribution < 1.29 is 23.9 Å². The predicted octanol–water partition coefficient (Wildman–Crippen LogP) is 1.33. The zero-order chi connectivity index (χ0) is 21.1. The van der Waals surface area contributed by atoms with E-state index >= 15 is 4.39 Å². The van der Waals surface area contributed by atoms with Crippen molar-refractivity contribution in [3.8, 4) is 0 Å². The maximum atomic E-state index is 15.8. The highest BCUT2D eigenvalue weighted by Crippen LogP contribution is 2.55. The van der Waals surface area contributed by atoms with Gasteiger partial charge in [0.2, 0.25) is 11.8 Å². The molecule has 30 heavy (non-hydrogen) atoms. The zero-order valence-electron chi connectivity index (χ0n) is 16.8. The highest BCUT2D eigenvalue weighted by Gasteiger charge is 2.55. The molecule has 3 amide bonds. The van der Waals surface area contributed by atoms with E-state index in [0.29, 0.717) is 19.5 Å². The SMILES string of the molecule is O=C1CCC(N2Cc3c(ccc(C4(O)CCNCC45CCCC5)c3F)C2=O)C(=O)N1. The van der Waals surface area contributed by atoms with Crippen molar-refractivity contribution in [2.75, 3.05) is 13.1 Å². The smallest absolute Gasteiger partial charge is 0.255 e. The zero-order valence-corrected chi connectivity index (χ0v) is 16.8. The topological polar surface area (TPSA) is 98.7 Å². The molecule has 3 fully saturated rings. The predicted molar refractivity (Wildman–Crippen MR) is 105 cm³/mol. The van der Waals surface area contributed by atoms with E-state index in [9.17, 15) is 19.5 Å². The van der Waals surface area contributed by atoms with Gasteiger partial charge in [0.15, 0.2) is 0 Å². The van der Waals surface area contributed by atoms with Crippen molar-refractivity contribution >= 4 is 17.7 Å². The lowest BCUT2D eigenvalue weighted by Gasteiger charge is -2.49. The van der Waals surface area contributed by atoms with Crippen LogP contribution < -0.4 is 10.6 Å². The van der Waals surface area contributed by atoms with E-state index in [-0.39, 0.29) is 42.0 Å². The van der Waals surface area contributed by atoms with Crippen molar-refractivity contribution in [1.82, 2.24) is 15.5 Å². The number of carbonyl (C=O) groups is 3. The lowest BCUT2D eigenvalue weighted by atomic mass is 9.63. The number of imide groups is 1. The minimum atomic E-state index is -1.28. The number of fused-ring (bicyclic) bond motifs is 1. The standard InChI is InChI=1S/C22H26FN3O4/c23-18-14-11-26(16-5-6-17(27)25-19(16)28)20(29)13(14)3-4-15(18)22(30)9-10-24-12-21(22)7-1-2-8-21/h3-4,16,24,30H,1-2,5-12H2,(H,25,27,28). The Kier molecular flexibility index (Phi) is 4.48. The highest BCUT2D eigenvalue weighted by molar-refractivity contribution is 6.05. The summed E-state index contributed by atoms with van der Waals surface area (Å²) in [5.74, 6) is -1.82. The molecular weight excluding hydrogens is 389 g/mol. The summed E-state index contributed by atoms with van der Waals surface area (Å²) in [6.45, 7) is 1.24. The Bertz CT molecular complexity index is 943. The molecule has 1 aromatic rings. The Morgan fingerprint density at radius 3 is 2.63 bits per heavy atom. The van der Waals surface area contributed by atoms with Crippen LogP contribution in [0.15, 0.2) is 12.1 Å². The van der Waals surface area contributed by atoms with E-state index in [1.165, 1.54) is 4.90 Å². The van der Waals surface area contributed by atoms with E-state index in [4.69, 9.17) is 0 Å². The number of hydrogen-bond acceptors (Lipinski definition) is 5. The molecule has 2 saturated heterocycles. The van der Waals surface area contributed by atoms with E-state index in [1.807, 2.05) is 0 Å². The van der Waals surface area contributed by atoms with Gasteiger partial charge in [0.25, 0.3) is 5.91 Å². The second kappa shape index (κ2) is 6.85. The van der Waals surface area contributed by atoms with E-state index < -0.39 is 34.7 Å². The molecule has 2 unspecified atom stereocenters. The van der Waals surface area contributed by atoms with Gasteiger partial charge in [-0.1, -0.05) is 18.9 Å². The molecule has 1 aliphatic carbocycles. The molecule has 0 radical (unpaired) electrons. The first-order valence-electron chi connectivity index (χ1n) is 10.8. The number of benzene rings is 1. The summed E-state index contributed by atoms with van der Waals surface area (Å²) >= 11 is 0. The first-order valence-corrected chi connectivity index (χ1v) is 10.8. The van der Waals surface area contributed by atoms with Crippen molar-refractivity contribution in [2.45, 2.75) is 63.1 Å². The third-order valence-electron chi connectivity index (χ3n) is 7.66. The minimum Gasteiger partial charge on any atom is -0.384 e. The average Bonchev–Trinajstić information content (AvgIpc) is 3.32. The van der Waals surface area contributed by atoms with Gasteiger partial charge in [-0.05, 0) is 38.3 Å². The van der Waals surface area contributed by atoms with Crippen molar-refractivity contribution in [2.24, 2.45) is 5.41 Å². The molecule has 7 nitrogen and oxygen atoms in total. The molecule has 1 spiro atoms. The third kappa shape index (κ3) is 2.66. The Balaban J connectivity index is 1.51. The molecule has 1 saturated carbocycles. The number of aliphatic hydroxyl groups is 1. The summed E-state index contributed by atoms with van der Waals surface area (Å²) in [5.41, 5.74) is -0.936. The minimum absolute atomic E-state index is 0.0263. The number of nitrogens with zero attached hydrogens (tertiary/aromatic N) is 1. The molecule has 2 atom stereocenters.